The second kappa shape index (κ2) is 7.37. The third-order valence-corrected chi connectivity index (χ3v) is 3.04. The topological polar surface area (TPSA) is 39.1 Å². The van der Waals surface area contributed by atoms with Gasteiger partial charge in [-0.2, -0.15) is 5.26 Å². The van der Waals surface area contributed by atoms with E-state index in [0.29, 0.717) is 22.5 Å². The summed E-state index contributed by atoms with van der Waals surface area (Å²) in [5, 5.41) is 13.2. The number of hydrogen-bond donors (Lipinski definition) is 1. The number of benzene rings is 1. The summed E-state index contributed by atoms with van der Waals surface area (Å²) in [5.41, 5.74) is 1.46. The summed E-state index contributed by atoms with van der Waals surface area (Å²) in [6, 6.07) is 7.83. The van der Waals surface area contributed by atoms with Gasteiger partial charge in [-0.25, -0.2) is 0 Å². The Labute approximate surface area is 121 Å². The van der Waals surface area contributed by atoms with Crippen LogP contribution >= 0.6 is 11.6 Å². The maximum atomic E-state index is 9.14. The fourth-order valence-electron chi connectivity index (χ4n) is 2.14. The van der Waals surface area contributed by atoms with Crippen LogP contribution < -0.4 is 5.32 Å². The Kier molecular flexibility index (Phi) is 6.14. The fraction of sp³-hybridized carbons (Fsp3) is 0.533. The maximum Gasteiger partial charge on any atom is 0.101 e. The second-order valence-corrected chi connectivity index (χ2v) is 5.97. The molecule has 1 atom stereocenters. The first-order valence-corrected chi connectivity index (χ1v) is 6.91. The summed E-state index contributed by atoms with van der Waals surface area (Å²) < 4.78 is 0. The Hall–Kier alpha value is -1.24. The van der Waals surface area contributed by atoms with Gasteiger partial charge in [0.1, 0.15) is 6.07 Å². The summed E-state index contributed by atoms with van der Waals surface area (Å²) in [5.74, 6) is 0.599. The lowest BCUT2D eigenvalue weighted by atomic mass is 10.0. The molecule has 0 amide bonds. The summed E-state index contributed by atoms with van der Waals surface area (Å²) in [6.45, 7) is 5.33. The van der Waals surface area contributed by atoms with E-state index >= 15 is 0 Å². The number of nitrogens with one attached hydrogen (secondary N) is 1. The lowest BCUT2D eigenvalue weighted by Crippen LogP contribution is -2.33. The van der Waals surface area contributed by atoms with Gasteiger partial charge >= 0.3 is 0 Å². The van der Waals surface area contributed by atoms with Crippen molar-refractivity contribution in [2.75, 3.05) is 26.0 Å². The van der Waals surface area contributed by atoms with E-state index in [1.54, 1.807) is 12.1 Å². The van der Waals surface area contributed by atoms with Gasteiger partial charge in [0, 0.05) is 17.6 Å². The van der Waals surface area contributed by atoms with Gasteiger partial charge in [-0.3, -0.25) is 0 Å². The predicted octanol–water partition coefficient (Wildman–Crippen LogP) is 3.60. The zero-order chi connectivity index (χ0) is 14.4. The Morgan fingerprint density at radius 3 is 2.58 bits per heavy atom. The van der Waals surface area contributed by atoms with Crippen molar-refractivity contribution in [2.24, 2.45) is 5.92 Å². The summed E-state index contributed by atoms with van der Waals surface area (Å²) in [6.07, 6.45) is 1.05. The van der Waals surface area contributed by atoms with E-state index in [4.69, 9.17) is 16.9 Å². The maximum absolute atomic E-state index is 9.14. The van der Waals surface area contributed by atoms with Crippen LogP contribution in [-0.2, 0) is 0 Å². The third kappa shape index (κ3) is 5.50. The lowest BCUT2D eigenvalue weighted by molar-refractivity contribution is 0.356. The van der Waals surface area contributed by atoms with Crippen LogP contribution in [0.2, 0.25) is 5.02 Å². The number of nitriles is 1. The van der Waals surface area contributed by atoms with Gasteiger partial charge < -0.3 is 10.2 Å². The summed E-state index contributed by atoms with van der Waals surface area (Å²) in [7, 11) is 4.11. The quantitative estimate of drug-likeness (QED) is 0.865. The average molecular weight is 280 g/mol. The van der Waals surface area contributed by atoms with Crippen LogP contribution in [0.1, 0.15) is 25.8 Å². The van der Waals surface area contributed by atoms with Crippen molar-refractivity contribution in [3.05, 3.63) is 28.8 Å². The zero-order valence-electron chi connectivity index (χ0n) is 12.1. The Balaban J connectivity index is 2.89. The molecule has 3 nitrogen and oxygen atoms in total. The van der Waals surface area contributed by atoms with E-state index in [0.717, 1.165) is 18.7 Å². The molecule has 1 rings (SSSR count). The normalized spacial score (nSPS) is 12.5. The van der Waals surface area contributed by atoms with Crippen LogP contribution in [0, 0.1) is 17.2 Å². The highest BCUT2D eigenvalue weighted by Gasteiger charge is 2.14. The van der Waals surface area contributed by atoms with E-state index in [2.05, 4.69) is 44.2 Å². The molecule has 1 aromatic rings. The molecular weight excluding hydrogens is 258 g/mol. The van der Waals surface area contributed by atoms with E-state index in [1.807, 2.05) is 6.07 Å². The van der Waals surface area contributed by atoms with Crippen molar-refractivity contribution in [3.8, 4) is 6.07 Å². The Bertz CT molecular complexity index is 439. The molecule has 0 spiro atoms. The third-order valence-electron chi connectivity index (χ3n) is 2.80. The van der Waals surface area contributed by atoms with Crippen molar-refractivity contribution in [2.45, 2.75) is 26.3 Å². The van der Waals surface area contributed by atoms with Crippen LogP contribution in [0.4, 0.5) is 5.69 Å². The first-order valence-electron chi connectivity index (χ1n) is 6.53. The molecule has 0 aliphatic carbocycles. The molecule has 0 aliphatic heterocycles. The molecule has 0 heterocycles. The number of anilines is 1. The fourth-order valence-corrected chi connectivity index (χ4v) is 2.31. The number of halogens is 1. The summed E-state index contributed by atoms with van der Waals surface area (Å²) >= 11 is 6.01. The molecule has 0 radical (unpaired) electrons. The Morgan fingerprint density at radius 1 is 1.37 bits per heavy atom. The van der Waals surface area contributed by atoms with Gasteiger partial charge in [0.05, 0.1) is 11.3 Å². The molecule has 0 saturated carbocycles. The monoisotopic (exact) mass is 279 g/mol. The minimum Gasteiger partial charge on any atom is -0.380 e. The molecule has 1 unspecified atom stereocenters. The van der Waals surface area contributed by atoms with Gasteiger partial charge in [-0.1, -0.05) is 25.4 Å². The second-order valence-electron chi connectivity index (χ2n) is 5.53. The van der Waals surface area contributed by atoms with Crippen LogP contribution in [0.25, 0.3) is 0 Å². The smallest absolute Gasteiger partial charge is 0.101 e. The molecule has 0 fully saturated rings. The number of hydrogen-bond acceptors (Lipinski definition) is 3. The SMILES string of the molecule is CC(C)CC(CN(C)C)Nc1cc(Cl)ccc1C#N. The molecular formula is C15H22ClN3. The lowest BCUT2D eigenvalue weighted by Gasteiger charge is -2.25. The molecule has 1 aromatic carbocycles. The van der Waals surface area contributed by atoms with Gasteiger partial charge in [-0.05, 0) is 44.6 Å². The van der Waals surface area contributed by atoms with E-state index < -0.39 is 0 Å². The minimum atomic E-state index is 0.306. The molecule has 4 heteroatoms. The van der Waals surface area contributed by atoms with Gasteiger partial charge in [0.2, 0.25) is 0 Å². The van der Waals surface area contributed by atoms with Crippen LogP contribution in [0.5, 0.6) is 0 Å². The van der Waals surface area contributed by atoms with Crippen molar-refractivity contribution >= 4 is 17.3 Å². The minimum absolute atomic E-state index is 0.306. The van der Waals surface area contributed by atoms with E-state index in [-0.39, 0.29) is 0 Å². The van der Waals surface area contributed by atoms with Crippen molar-refractivity contribution < 1.29 is 0 Å². The van der Waals surface area contributed by atoms with Gasteiger partial charge in [0.25, 0.3) is 0 Å². The largest absolute Gasteiger partial charge is 0.380 e. The highest BCUT2D eigenvalue weighted by Crippen LogP contribution is 2.22. The first-order chi connectivity index (χ1) is 8.92. The Morgan fingerprint density at radius 2 is 2.05 bits per heavy atom. The molecule has 0 saturated heterocycles. The van der Waals surface area contributed by atoms with E-state index in [1.165, 1.54) is 0 Å². The molecule has 0 aliphatic rings. The molecule has 1 N–H and O–H groups in total. The first kappa shape index (κ1) is 15.8. The molecule has 19 heavy (non-hydrogen) atoms. The van der Waals surface area contributed by atoms with Gasteiger partial charge in [0.15, 0.2) is 0 Å². The van der Waals surface area contributed by atoms with Crippen molar-refractivity contribution in [1.82, 2.24) is 4.90 Å². The van der Waals surface area contributed by atoms with Crippen LogP contribution in [0.3, 0.4) is 0 Å². The average Bonchev–Trinajstić information content (AvgIpc) is 2.27. The molecule has 0 aromatic heterocycles. The molecule has 104 valence electrons. The van der Waals surface area contributed by atoms with Crippen molar-refractivity contribution in [3.63, 3.8) is 0 Å². The number of likely N-dealkylation sites (N-methyl/N-ethyl adjacent to an activating group) is 1. The van der Waals surface area contributed by atoms with Gasteiger partial charge in [-0.15, -0.1) is 0 Å². The number of nitrogens with zero attached hydrogens (tertiary/aromatic N) is 2. The zero-order valence-corrected chi connectivity index (χ0v) is 12.8. The van der Waals surface area contributed by atoms with Crippen molar-refractivity contribution in [1.29, 1.82) is 5.26 Å². The molecule has 0 bridgehead atoms. The predicted molar refractivity (Wildman–Crippen MR) is 81.6 cm³/mol. The summed E-state index contributed by atoms with van der Waals surface area (Å²) in [4.78, 5) is 2.15. The van der Waals surface area contributed by atoms with Crippen LogP contribution in [-0.4, -0.2) is 31.6 Å². The standard InChI is InChI=1S/C15H22ClN3/c1-11(2)7-14(10-19(3)4)18-15-8-13(16)6-5-12(15)9-17/h5-6,8,11,14,18H,7,10H2,1-4H3. The highest BCUT2D eigenvalue weighted by molar-refractivity contribution is 6.30. The highest BCUT2D eigenvalue weighted by atomic mass is 35.5. The number of rotatable bonds is 6. The van der Waals surface area contributed by atoms with E-state index in [9.17, 15) is 0 Å². The van der Waals surface area contributed by atoms with Crippen LogP contribution in [0.15, 0.2) is 18.2 Å².